The van der Waals surface area contributed by atoms with Gasteiger partial charge in [-0.1, -0.05) is 0 Å². The topological polar surface area (TPSA) is 153 Å². The number of oxazole rings is 1. The molecule has 1 unspecified atom stereocenters. The third kappa shape index (κ3) is 3.90. The molecule has 10 nitrogen and oxygen atoms in total. The van der Waals surface area contributed by atoms with Gasteiger partial charge in [0.1, 0.15) is 23.7 Å². The molecule has 1 aromatic carbocycles. The molecule has 0 aliphatic heterocycles. The molecule has 1 atom stereocenters. The minimum absolute atomic E-state index is 0.0698. The maximum atomic E-state index is 11.7. The average Bonchev–Trinajstić information content (AvgIpc) is 3.22. The van der Waals surface area contributed by atoms with Gasteiger partial charge in [-0.3, -0.25) is 9.80 Å². The number of anilines is 3. The summed E-state index contributed by atoms with van der Waals surface area (Å²) in [7, 11) is 0. The average molecular weight is 367 g/mol. The molecule has 5 N–H and O–H groups in total. The molecular weight excluding hydrogens is 350 g/mol. The zero-order valence-corrected chi connectivity index (χ0v) is 14.4. The Labute approximate surface area is 154 Å². The second-order valence-corrected chi connectivity index (χ2v) is 5.65. The number of primary amides is 1. The van der Waals surface area contributed by atoms with Gasteiger partial charge >= 0.3 is 0 Å². The molecule has 0 radical (unpaired) electrons. The number of hydrazine groups is 1. The summed E-state index contributed by atoms with van der Waals surface area (Å²) in [6.07, 6.45) is 4.87. The van der Waals surface area contributed by atoms with Crippen molar-refractivity contribution in [1.29, 1.82) is 0 Å². The van der Waals surface area contributed by atoms with Gasteiger partial charge in [0.15, 0.2) is 12.2 Å². The molecule has 10 heteroatoms. The highest BCUT2D eigenvalue weighted by Gasteiger charge is 2.17. The quantitative estimate of drug-likeness (QED) is 0.318. The number of amides is 1. The largest absolute Gasteiger partial charge is 0.444 e. The van der Waals surface area contributed by atoms with Gasteiger partial charge in [0, 0.05) is 17.4 Å². The first-order valence-electron chi connectivity index (χ1n) is 7.91. The van der Waals surface area contributed by atoms with Crippen molar-refractivity contribution < 1.29 is 14.0 Å². The van der Waals surface area contributed by atoms with E-state index in [2.05, 4.69) is 20.3 Å². The minimum Gasteiger partial charge on any atom is -0.444 e. The lowest BCUT2D eigenvalue weighted by Crippen LogP contribution is -2.41. The number of nitrogens with zero attached hydrogens (tertiary/aromatic N) is 4. The van der Waals surface area contributed by atoms with Crippen LogP contribution in [0.2, 0.25) is 0 Å². The highest BCUT2D eigenvalue weighted by molar-refractivity contribution is 5.98. The molecule has 1 amide bonds. The highest BCUT2D eigenvalue weighted by Crippen LogP contribution is 2.24. The number of carbonyl (C=O) groups is 2. The van der Waals surface area contributed by atoms with Crippen molar-refractivity contribution in [3.63, 3.8) is 0 Å². The van der Waals surface area contributed by atoms with Gasteiger partial charge in [-0.15, -0.1) is 0 Å². The van der Waals surface area contributed by atoms with Crippen molar-refractivity contribution in [2.45, 2.75) is 13.0 Å². The zero-order valence-electron chi connectivity index (χ0n) is 14.4. The summed E-state index contributed by atoms with van der Waals surface area (Å²) in [5, 5.41) is 4.10. The fraction of sp³-hybridized carbons (Fsp3) is 0.118. The monoisotopic (exact) mass is 367 g/mol. The Morgan fingerprint density at radius 1 is 1.30 bits per heavy atom. The van der Waals surface area contributed by atoms with Crippen LogP contribution in [0.4, 0.5) is 17.5 Å². The van der Waals surface area contributed by atoms with E-state index in [1.807, 2.05) is 12.1 Å². The number of aromatic nitrogens is 3. The summed E-state index contributed by atoms with van der Waals surface area (Å²) in [5.74, 6) is 6.00. The molecule has 0 saturated heterocycles. The van der Waals surface area contributed by atoms with E-state index >= 15 is 0 Å². The highest BCUT2D eigenvalue weighted by atomic mass is 16.3. The number of aldehydes is 1. The van der Waals surface area contributed by atoms with Gasteiger partial charge in [-0.25, -0.2) is 15.8 Å². The molecule has 0 aliphatic carbocycles. The fourth-order valence-corrected chi connectivity index (χ4v) is 2.23. The van der Waals surface area contributed by atoms with E-state index in [1.165, 1.54) is 12.6 Å². The number of carbonyl (C=O) groups excluding carboxylic acids is 2. The third-order valence-electron chi connectivity index (χ3n) is 3.77. The van der Waals surface area contributed by atoms with Crippen LogP contribution in [0.1, 0.15) is 17.3 Å². The van der Waals surface area contributed by atoms with Crippen molar-refractivity contribution in [2.24, 2.45) is 11.6 Å². The predicted octanol–water partition coefficient (Wildman–Crippen LogP) is 1.24. The maximum Gasteiger partial charge on any atom is 0.254 e. The third-order valence-corrected chi connectivity index (χ3v) is 3.77. The van der Waals surface area contributed by atoms with E-state index in [-0.39, 0.29) is 17.3 Å². The Morgan fingerprint density at radius 2 is 2.04 bits per heavy atom. The summed E-state index contributed by atoms with van der Waals surface area (Å²) in [4.78, 5) is 34.7. The molecule has 0 bridgehead atoms. The molecular formula is C17H17N7O3. The molecule has 138 valence electrons. The van der Waals surface area contributed by atoms with Gasteiger partial charge in [0.2, 0.25) is 5.95 Å². The number of hydrogen-bond donors (Lipinski definition) is 3. The lowest BCUT2D eigenvalue weighted by atomic mass is 10.1. The number of nitrogens with two attached hydrogens (primary N) is 2. The molecule has 2 heterocycles. The Morgan fingerprint density at radius 3 is 2.63 bits per heavy atom. The summed E-state index contributed by atoms with van der Waals surface area (Å²) in [5.41, 5.74) is 6.97. The molecule has 2 aromatic heterocycles. The zero-order chi connectivity index (χ0) is 19.4. The van der Waals surface area contributed by atoms with E-state index < -0.39 is 11.9 Å². The van der Waals surface area contributed by atoms with Crippen LogP contribution in [-0.2, 0) is 4.79 Å². The standard InChI is InChI=1S/C17H17N7O3/c1-10(8-25)24(19)17-21-6-13(15(18)26)16(23-17)22-12-4-2-11(3-5-12)14-7-20-9-27-14/h2-10H,19H2,1H3,(H2,18,26)(H,21,22,23). The minimum atomic E-state index is -0.700. The number of benzene rings is 1. The van der Waals surface area contributed by atoms with E-state index in [1.54, 1.807) is 25.3 Å². The van der Waals surface area contributed by atoms with Gasteiger partial charge in [0.25, 0.3) is 5.91 Å². The van der Waals surface area contributed by atoms with Crippen LogP contribution in [0, 0.1) is 0 Å². The van der Waals surface area contributed by atoms with Crippen molar-refractivity contribution >= 4 is 29.6 Å². The fourth-order valence-electron chi connectivity index (χ4n) is 2.23. The van der Waals surface area contributed by atoms with Crippen LogP contribution in [-0.4, -0.2) is 33.2 Å². The normalized spacial score (nSPS) is 11.6. The molecule has 3 aromatic rings. The lowest BCUT2D eigenvalue weighted by Gasteiger charge is -2.20. The molecule has 0 fully saturated rings. The molecule has 0 aliphatic rings. The van der Waals surface area contributed by atoms with Crippen molar-refractivity contribution in [2.75, 3.05) is 10.3 Å². The Balaban J connectivity index is 1.90. The number of nitrogens with one attached hydrogen (secondary N) is 1. The number of hydrogen-bond acceptors (Lipinski definition) is 9. The van der Waals surface area contributed by atoms with E-state index in [0.717, 1.165) is 10.6 Å². The van der Waals surface area contributed by atoms with E-state index in [4.69, 9.17) is 16.0 Å². The Hall–Kier alpha value is -3.79. The number of rotatable bonds is 7. The van der Waals surface area contributed by atoms with E-state index in [9.17, 15) is 9.59 Å². The molecule has 3 rings (SSSR count). The van der Waals surface area contributed by atoms with Crippen LogP contribution in [0.3, 0.4) is 0 Å². The molecule has 0 saturated carbocycles. The maximum absolute atomic E-state index is 11.7. The van der Waals surface area contributed by atoms with Crippen LogP contribution in [0.5, 0.6) is 0 Å². The van der Waals surface area contributed by atoms with Crippen molar-refractivity contribution in [3.8, 4) is 11.3 Å². The Bertz CT molecular complexity index is 942. The van der Waals surface area contributed by atoms with Crippen molar-refractivity contribution in [3.05, 3.63) is 48.6 Å². The summed E-state index contributed by atoms with van der Waals surface area (Å²) in [6, 6.07) is 6.55. The summed E-state index contributed by atoms with van der Waals surface area (Å²) >= 11 is 0. The molecule has 27 heavy (non-hydrogen) atoms. The second-order valence-electron chi connectivity index (χ2n) is 5.65. The van der Waals surface area contributed by atoms with Gasteiger partial charge in [-0.05, 0) is 31.2 Å². The molecule has 0 spiro atoms. The van der Waals surface area contributed by atoms with Crippen LogP contribution in [0.15, 0.2) is 47.5 Å². The smallest absolute Gasteiger partial charge is 0.254 e. The van der Waals surface area contributed by atoms with Crippen LogP contribution >= 0.6 is 0 Å². The van der Waals surface area contributed by atoms with Crippen LogP contribution in [0.25, 0.3) is 11.3 Å². The van der Waals surface area contributed by atoms with Crippen LogP contribution < -0.4 is 21.9 Å². The van der Waals surface area contributed by atoms with Gasteiger partial charge in [-0.2, -0.15) is 4.98 Å². The SMILES string of the molecule is CC(C=O)N(N)c1ncc(C(N)=O)c(Nc2ccc(-c3cnco3)cc2)n1. The van der Waals surface area contributed by atoms with Gasteiger partial charge in [0.05, 0.1) is 6.20 Å². The Kier molecular flexibility index (Phi) is 5.08. The van der Waals surface area contributed by atoms with E-state index in [0.29, 0.717) is 17.7 Å². The summed E-state index contributed by atoms with van der Waals surface area (Å²) in [6.45, 7) is 1.59. The second kappa shape index (κ2) is 7.62. The predicted molar refractivity (Wildman–Crippen MR) is 98.0 cm³/mol. The summed E-state index contributed by atoms with van der Waals surface area (Å²) < 4.78 is 5.24. The lowest BCUT2D eigenvalue weighted by molar-refractivity contribution is -0.108. The van der Waals surface area contributed by atoms with Crippen molar-refractivity contribution in [1.82, 2.24) is 15.0 Å². The first-order chi connectivity index (χ1) is 13.0. The first-order valence-corrected chi connectivity index (χ1v) is 7.91. The first kappa shape index (κ1) is 18.0. The van der Waals surface area contributed by atoms with Gasteiger partial charge < -0.3 is 20.3 Å².